The van der Waals surface area contributed by atoms with Gasteiger partial charge in [0, 0.05) is 23.8 Å². The van der Waals surface area contributed by atoms with E-state index in [1.165, 1.54) is 54.9 Å². The molecule has 1 saturated carbocycles. The van der Waals surface area contributed by atoms with Crippen molar-refractivity contribution in [2.24, 2.45) is 11.8 Å². The molecule has 0 saturated heterocycles. The van der Waals surface area contributed by atoms with Crippen LogP contribution in [0, 0.1) is 5.92 Å². The highest BCUT2D eigenvalue weighted by atomic mass is 15.2. The van der Waals surface area contributed by atoms with Gasteiger partial charge in [-0.05, 0) is 29.4 Å². The maximum atomic E-state index is 5.89. The number of hydrazine groups is 1. The molecule has 0 radical (unpaired) electrons. The second-order valence-electron chi connectivity index (χ2n) is 6.26. The molecule has 3 rings (SSSR count). The minimum atomic E-state index is 0.235. The molecule has 3 heteroatoms. The minimum absolute atomic E-state index is 0.235. The number of nitrogens with one attached hydrogen (secondary N) is 1. The largest absolute Gasteiger partial charge is 0.271 e. The van der Waals surface area contributed by atoms with Crippen molar-refractivity contribution in [3.63, 3.8) is 0 Å². The van der Waals surface area contributed by atoms with Gasteiger partial charge < -0.3 is 0 Å². The van der Waals surface area contributed by atoms with Gasteiger partial charge in [0.25, 0.3) is 0 Å². The molecule has 1 aromatic heterocycles. The number of aromatic nitrogens is 1. The fraction of sp³-hybridized carbons (Fsp3) is 0.500. The van der Waals surface area contributed by atoms with E-state index < -0.39 is 0 Å². The Morgan fingerprint density at radius 1 is 1.14 bits per heavy atom. The molecule has 1 aromatic carbocycles. The Labute approximate surface area is 126 Å². The highest BCUT2D eigenvalue weighted by Crippen LogP contribution is 2.33. The second kappa shape index (κ2) is 7.01. The second-order valence-corrected chi connectivity index (χ2v) is 6.26. The van der Waals surface area contributed by atoms with Gasteiger partial charge >= 0.3 is 0 Å². The van der Waals surface area contributed by atoms with E-state index in [1.54, 1.807) is 0 Å². The minimum Gasteiger partial charge on any atom is -0.271 e. The van der Waals surface area contributed by atoms with Crippen molar-refractivity contribution in [3.8, 4) is 0 Å². The molecule has 1 atom stereocenters. The Bertz CT molecular complexity index is 568. The molecular formula is C18H25N3. The molecule has 0 amide bonds. The highest BCUT2D eigenvalue weighted by molar-refractivity contribution is 5.85. The van der Waals surface area contributed by atoms with Crippen molar-refractivity contribution < 1.29 is 0 Å². The van der Waals surface area contributed by atoms with E-state index in [9.17, 15) is 0 Å². The first-order valence-corrected chi connectivity index (χ1v) is 8.17. The molecule has 112 valence electrons. The van der Waals surface area contributed by atoms with E-state index in [1.807, 2.05) is 12.4 Å². The van der Waals surface area contributed by atoms with E-state index in [-0.39, 0.29) is 6.04 Å². The summed E-state index contributed by atoms with van der Waals surface area (Å²) >= 11 is 0. The van der Waals surface area contributed by atoms with Crippen LogP contribution in [-0.4, -0.2) is 4.98 Å². The summed E-state index contributed by atoms with van der Waals surface area (Å²) in [5.41, 5.74) is 4.36. The number of rotatable bonds is 4. The van der Waals surface area contributed by atoms with Gasteiger partial charge in [-0.15, -0.1) is 0 Å². The Morgan fingerprint density at radius 2 is 1.95 bits per heavy atom. The fourth-order valence-corrected chi connectivity index (χ4v) is 3.67. The van der Waals surface area contributed by atoms with Crippen LogP contribution >= 0.6 is 0 Å². The third kappa shape index (κ3) is 3.42. The van der Waals surface area contributed by atoms with Gasteiger partial charge in [-0.25, -0.2) is 0 Å². The third-order valence-electron chi connectivity index (χ3n) is 4.83. The topological polar surface area (TPSA) is 50.9 Å². The molecular weight excluding hydrogens is 258 g/mol. The van der Waals surface area contributed by atoms with Gasteiger partial charge in [0.05, 0.1) is 0 Å². The summed E-state index contributed by atoms with van der Waals surface area (Å²) in [5, 5.41) is 2.46. The normalized spacial score (nSPS) is 18.5. The Kier molecular flexibility index (Phi) is 4.84. The molecule has 1 fully saturated rings. The molecule has 1 heterocycles. The molecule has 1 aliphatic carbocycles. The quantitative estimate of drug-likeness (QED) is 0.504. The Morgan fingerprint density at radius 3 is 2.71 bits per heavy atom. The van der Waals surface area contributed by atoms with Crippen molar-refractivity contribution in [1.82, 2.24) is 10.4 Å². The molecule has 3 N–H and O–H groups in total. The molecule has 2 aromatic rings. The van der Waals surface area contributed by atoms with Crippen molar-refractivity contribution in [3.05, 3.63) is 42.2 Å². The van der Waals surface area contributed by atoms with Crippen molar-refractivity contribution >= 4 is 10.8 Å². The SMILES string of the molecule is NNC(CC1CCCCCC1)c1cccc2cnccc12. The maximum absolute atomic E-state index is 5.89. The van der Waals surface area contributed by atoms with E-state index in [4.69, 9.17) is 5.84 Å². The van der Waals surface area contributed by atoms with Gasteiger partial charge in [-0.1, -0.05) is 56.7 Å². The summed E-state index contributed by atoms with van der Waals surface area (Å²) in [6.07, 6.45) is 13.2. The molecule has 0 bridgehead atoms. The lowest BCUT2D eigenvalue weighted by Crippen LogP contribution is -2.30. The van der Waals surface area contributed by atoms with E-state index in [0.717, 1.165) is 12.3 Å². The smallest absolute Gasteiger partial charge is 0.0468 e. The Balaban J connectivity index is 1.84. The third-order valence-corrected chi connectivity index (χ3v) is 4.83. The van der Waals surface area contributed by atoms with Crippen molar-refractivity contribution in [2.45, 2.75) is 51.0 Å². The predicted molar refractivity (Wildman–Crippen MR) is 87.6 cm³/mol. The lowest BCUT2D eigenvalue weighted by Gasteiger charge is -2.23. The predicted octanol–water partition coefficient (Wildman–Crippen LogP) is 4.10. The average molecular weight is 283 g/mol. The van der Waals surface area contributed by atoms with Gasteiger partial charge in [0.1, 0.15) is 0 Å². The number of pyridine rings is 1. The molecule has 21 heavy (non-hydrogen) atoms. The van der Waals surface area contributed by atoms with Crippen LogP contribution in [0.2, 0.25) is 0 Å². The molecule has 3 nitrogen and oxygen atoms in total. The van der Waals surface area contributed by atoms with E-state index in [2.05, 4.69) is 34.7 Å². The van der Waals surface area contributed by atoms with Crippen LogP contribution in [0.15, 0.2) is 36.7 Å². The summed E-state index contributed by atoms with van der Waals surface area (Å²) in [7, 11) is 0. The van der Waals surface area contributed by atoms with Crippen molar-refractivity contribution in [2.75, 3.05) is 0 Å². The number of hydrogen-bond acceptors (Lipinski definition) is 3. The number of fused-ring (bicyclic) bond motifs is 1. The van der Waals surface area contributed by atoms with Gasteiger partial charge in [0.15, 0.2) is 0 Å². The van der Waals surface area contributed by atoms with Crippen LogP contribution in [0.5, 0.6) is 0 Å². The first-order chi connectivity index (χ1) is 10.4. The van der Waals surface area contributed by atoms with Crippen molar-refractivity contribution in [1.29, 1.82) is 0 Å². The van der Waals surface area contributed by atoms with Crippen LogP contribution in [0.3, 0.4) is 0 Å². The molecule has 1 aliphatic rings. The lowest BCUT2D eigenvalue weighted by molar-refractivity contribution is 0.360. The zero-order chi connectivity index (χ0) is 14.5. The number of hydrogen-bond donors (Lipinski definition) is 2. The van der Waals surface area contributed by atoms with Crippen LogP contribution in [0.1, 0.15) is 56.6 Å². The van der Waals surface area contributed by atoms with Gasteiger partial charge in [0.2, 0.25) is 0 Å². The monoisotopic (exact) mass is 283 g/mol. The highest BCUT2D eigenvalue weighted by Gasteiger charge is 2.20. The molecule has 0 aliphatic heterocycles. The van der Waals surface area contributed by atoms with E-state index >= 15 is 0 Å². The lowest BCUT2D eigenvalue weighted by atomic mass is 9.88. The average Bonchev–Trinajstić information content (AvgIpc) is 2.81. The zero-order valence-corrected chi connectivity index (χ0v) is 12.6. The van der Waals surface area contributed by atoms with Crippen LogP contribution in [-0.2, 0) is 0 Å². The summed E-state index contributed by atoms with van der Waals surface area (Å²) in [6.45, 7) is 0. The Hall–Kier alpha value is -1.45. The zero-order valence-electron chi connectivity index (χ0n) is 12.6. The molecule has 0 spiro atoms. The number of nitrogens with two attached hydrogens (primary N) is 1. The number of benzene rings is 1. The first-order valence-electron chi connectivity index (χ1n) is 8.17. The van der Waals surface area contributed by atoms with Gasteiger partial charge in [-0.2, -0.15) is 0 Å². The van der Waals surface area contributed by atoms with Crippen LogP contribution < -0.4 is 11.3 Å². The van der Waals surface area contributed by atoms with Crippen LogP contribution in [0.25, 0.3) is 10.8 Å². The summed E-state index contributed by atoms with van der Waals surface area (Å²) < 4.78 is 0. The first kappa shape index (κ1) is 14.5. The summed E-state index contributed by atoms with van der Waals surface area (Å²) in [6, 6.07) is 8.76. The fourth-order valence-electron chi connectivity index (χ4n) is 3.67. The van der Waals surface area contributed by atoms with Gasteiger partial charge in [-0.3, -0.25) is 16.3 Å². The summed E-state index contributed by atoms with van der Waals surface area (Å²) in [4.78, 5) is 4.22. The van der Waals surface area contributed by atoms with Crippen LogP contribution in [0.4, 0.5) is 0 Å². The van der Waals surface area contributed by atoms with E-state index in [0.29, 0.717) is 0 Å². The standard InChI is InChI=1S/C18H25N3/c19-21-18(12-14-6-3-1-2-4-7-14)17-9-5-8-15-13-20-11-10-16(15)17/h5,8-11,13-14,18,21H,1-4,6-7,12,19H2. The molecule has 1 unspecified atom stereocenters. The maximum Gasteiger partial charge on any atom is 0.0468 e. The number of nitrogens with zero attached hydrogens (tertiary/aromatic N) is 1. The summed E-state index contributed by atoms with van der Waals surface area (Å²) in [5.74, 6) is 6.68.